The Kier molecular flexibility index (Phi) is 5.98. The predicted molar refractivity (Wildman–Crippen MR) is 134 cm³/mol. The molecule has 1 heterocycles. The standard InChI is InChI=1S/C28H32N2OS/c1-3-4-9-17-32-27-29-25-23-14-6-5-12-21(23)19-28(15-7-8-16-28)24(25)26(31)30(27)22-13-10-11-20(2)18-22/h5-6,10-14,18H,3-4,7-9,15-17,19H2,1-2H3. The van der Waals surface area contributed by atoms with Crippen LogP contribution in [0, 0.1) is 6.92 Å². The summed E-state index contributed by atoms with van der Waals surface area (Å²) in [6.07, 6.45) is 9.06. The SMILES string of the molecule is CCCCCSc1nc2c(c(=O)n1-c1cccc(C)c1)C1(CCCC1)Cc1ccccc1-2. The average molecular weight is 445 g/mol. The molecule has 166 valence electrons. The van der Waals surface area contributed by atoms with E-state index in [2.05, 4.69) is 56.3 Å². The average Bonchev–Trinajstić information content (AvgIpc) is 3.25. The van der Waals surface area contributed by atoms with Gasteiger partial charge in [0.15, 0.2) is 5.16 Å². The van der Waals surface area contributed by atoms with Gasteiger partial charge in [0.25, 0.3) is 5.56 Å². The molecule has 1 fully saturated rings. The van der Waals surface area contributed by atoms with E-state index in [4.69, 9.17) is 4.98 Å². The molecule has 4 heteroatoms. The summed E-state index contributed by atoms with van der Waals surface area (Å²) < 4.78 is 1.91. The highest BCUT2D eigenvalue weighted by molar-refractivity contribution is 7.99. The summed E-state index contributed by atoms with van der Waals surface area (Å²) >= 11 is 1.73. The third-order valence-corrected chi connectivity index (χ3v) is 8.21. The molecule has 3 aromatic rings. The van der Waals surface area contributed by atoms with Gasteiger partial charge in [-0.1, -0.05) is 80.8 Å². The number of hydrogen-bond acceptors (Lipinski definition) is 3. The third kappa shape index (κ3) is 3.73. The van der Waals surface area contributed by atoms with E-state index in [1.165, 1.54) is 31.2 Å². The Morgan fingerprint density at radius 3 is 2.66 bits per heavy atom. The van der Waals surface area contributed by atoms with Gasteiger partial charge >= 0.3 is 0 Å². The molecule has 0 saturated heterocycles. The lowest BCUT2D eigenvalue weighted by atomic mass is 9.68. The van der Waals surface area contributed by atoms with E-state index in [9.17, 15) is 4.79 Å². The topological polar surface area (TPSA) is 34.9 Å². The first-order valence-corrected chi connectivity index (χ1v) is 13.1. The van der Waals surface area contributed by atoms with E-state index in [0.29, 0.717) is 0 Å². The van der Waals surface area contributed by atoms with Crippen molar-refractivity contribution in [3.63, 3.8) is 0 Å². The van der Waals surface area contributed by atoms with Crippen molar-refractivity contribution in [2.75, 3.05) is 5.75 Å². The molecule has 0 bridgehead atoms. The van der Waals surface area contributed by atoms with Gasteiger partial charge in [0.2, 0.25) is 0 Å². The number of benzene rings is 2. The Hall–Kier alpha value is -2.33. The lowest BCUT2D eigenvalue weighted by molar-refractivity contribution is 0.422. The highest BCUT2D eigenvalue weighted by atomic mass is 32.2. The second-order valence-electron chi connectivity index (χ2n) is 9.47. The first-order chi connectivity index (χ1) is 15.6. The van der Waals surface area contributed by atoms with Crippen molar-refractivity contribution in [2.45, 2.75) is 75.8 Å². The van der Waals surface area contributed by atoms with E-state index >= 15 is 0 Å². The van der Waals surface area contributed by atoms with Crippen LogP contribution in [-0.4, -0.2) is 15.3 Å². The molecule has 0 N–H and O–H groups in total. The maximum atomic E-state index is 14.3. The molecule has 1 aromatic heterocycles. The third-order valence-electron chi connectivity index (χ3n) is 7.18. The van der Waals surface area contributed by atoms with Crippen molar-refractivity contribution in [1.29, 1.82) is 0 Å². The van der Waals surface area contributed by atoms with Crippen LogP contribution in [0.3, 0.4) is 0 Å². The zero-order chi connectivity index (χ0) is 22.1. The second-order valence-corrected chi connectivity index (χ2v) is 10.5. The molecule has 0 amide bonds. The minimum absolute atomic E-state index is 0.0647. The monoisotopic (exact) mass is 444 g/mol. The summed E-state index contributed by atoms with van der Waals surface area (Å²) in [5.41, 5.74) is 6.60. The molecule has 2 aliphatic rings. The minimum Gasteiger partial charge on any atom is -0.268 e. The number of aryl methyl sites for hydroxylation is 1. The number of hydrogen-bond donors (Lipinski definition) is 0. The van der Waals surface area contributed by atoms with E-state index < -0.39 is 0 Å². The lowest BCUT2D eigenvalue weighted by Gasteiger charge is -2.36. The summed E-state index contributed by atoms with van der Waals surface area (Å²) in [4.78, 5) is 19.6. The van der Waals surface area contributed by atoms with Gasteiger partial charge in [-0.05, 0) is 55.9 Å². The van der Waals surface area contributed by atoms with Gasteiger partial charge in [-0.15, -0.1) is 0 Å². The Balaban J connectivity index is 1.75. The lowest BCUT2D eigenvalue weighted by Crippen LogP contribution is -2.40. The van der Waals surface area contributed by atoms with Crippen LogP contribution in [0.15, 0.2) is 58.5 Å². The van der Waals surface area contributed by atoms with E-state index in [1.807, 2.05) is 10.6 Å². The fraction of sp³-hybridized carbons (Fsp3) is 0.429. The maximum absolute atomic E-state index is 14.3. The van der Waals surface area contributed by atoms with Gasteiger partial charge < -0.3 is 0 Å². The van der Waals surface area contributed by atoms with Gasteiger partial charge in [0.1, 0.15) is 0 Å². The van der Waals surface area contributed by atoms with E-state index in [-0.39, 0.29) is 11.0 Å². The number of fused-ring (bicyclic) bond motifs is 4. The van der Waals surface area contributed by atoms with E-state index in [1.54, 1.807) is 11.8 Å². The van der Waals surface area contributed by atoms with Gasteiger partial charge in [-0.3, -0.25) is 9.36 Å². The second kappa shape index (κ2) is 8.90. The molecule has 0 radical (unpaired) electrons. The first-order valence-electron chi connectivity index (χ1n) is 12.1. The van der Waals surface area contributed by atoms with Crippen molar-refractivity contribution < 1.29 is 0 Å². The molecular formula is C28H32N2OS. The van der Waals surface area contributed by atoms with Gasteiger partial charge in [-0.25, -0.2) is 4.98 Å². The maximum Gasteiger partial charge on any atom is 0.263 e. The van der Waals surface area contributed by atoms with Crippen LogP contribution in [0.1, 0.15) is 68.6 Å². The van der Waals surface area contributed by atoms with Crippen LogP contribution in [0.4, 0.5) is 0 Å². The molecule has 1 spiro atoms. The van der Waals surface area contributed by atoms with Crippen molar-refractivity contribution in [3.8, 4) is 16.9 Å². The van der Waals surface area contributed by atoms with Crippen LogP contribution in [0.25, 0.3) is 16.9 Å². The van der Waals surface area contributed by atoms with Gasteiger partial charge in [-0.2, -0.15) is 0 Å². The van der Waals surface area contributed by atoms with Crippen LogP contribution >= 0.6 is 11.8 Å². The molecule has 0 aliphatic heterocycles. The van der Waals surface area contributed by atoms with Crippen molar-refractivity contribution in [2.24, 2.45) is 0 Å². The summed E-state index contributed by atoms with van der Waals surface area (Å²) in [5.74, 6) is 0.984. The Morgan fingerprint density at radius 1 is 1.06 bits per heavy atom. The normalized spacial score (nSPS) is 16.2. The van der Waals surface area contributed by atoms with Crippen LogP contribution in [0.2, 0.25) is 0 Å². The van der Waals surface area contributed by atoms with Crippen molar-refractivity contribution in [1.82, 2.24) is 9.55 Å². The molecule has 32 heavy (non-hydrogen) atoms. The number of thioether (sulfide) groups is 1. The minimum atomic E-state index is -0.0647. The first kappa shape index (κ1) is 21.5. The molecule has 2 aliphatic carbocycles. The summed E-state index contributed by atoms with van der Waals surface area (Å²) in [7, 11) is 0. The molecule has 2 aromatic carbocycles. The summed E-state index contributed by atoms with van der Waals surface area (Å²) in [6.45, 7) is 4.31. The smallest absolute Gasteiger partial charge is 0.263 e. The highest BCUT2D eigenvalue weighted by Crippen LogP contribution is 2.50. The molecule has 1 saturated carbocycles. The number of unbranched alkanes of at least 4 members (excludes halogenated alkanes) is 2. The Bertz CT molecular complexity index is 1190. The quantitative estimate of drug-likeness (QED) is 0.237. The van der Waals surface area contributed by atoms with Gasteiger partial charge in [0.05, 0.1) is 16.9 Å². The van der Waals surface area contributed by atoms with Crippen LogP contribution < -0.4 is 5.56 Å². The van der Waals surface area contributed by atoms with Crippen LogP contribution in [0.5, 0.6) is 0 Å². The molecular weight excluding hydrogens is 412 g/mol. The van der Waals surface area contributed by atoms with Crippen molar-refractivity contribution in [3.05, 3.63) is 75.6 Å². The molecule has 0 unspecified atom stereocenters. The van der Waals surface area contributed by atoms with Crippen LogP contribution in [-0.2, 0) is 11.8 Å². The van der Waals surface area contributed by atoms with E-state index in [0.717, 1.165) is 64.7 Å². The number of nitrogens with zero attached hydrogens (tertiary/aromatic N) is 2. The van der Waals surface area contributed by atoms with Gasteiger partial charge in [0, 0.05) is 16.7 Å². The zero-order valence-corrected chi connectivity index (χ0v) is 20.0. The Labute approximate surface area is 195 Å². The fourth-order valence-electron chi connectivity index (χ4n) is 5.62. The highest BCUT2D eigenvalue weighted by Gasteiger charge is 2.44. The number of rotatable bonds is 6. The zero-order valence-electron chi connectivity index (χ0n) is 19.2. The largest absolute Gasteiger partial charge is 0.268 e. The summed E-state index contributed by atoms with van der Waals surface area (Å²) in [5, 5.41) is 0.834. The number of aromatic nitrogens is 2. The fourth-order valence-corrected chi connectivity index (χ4v) is 6.62. The molecule has 5 rings (SSSR count). The van der Waals surface area contributed by atoms with Crippen molar-refractivity contribution >= 4 is 11.8 Å². The molecule has 3 nitrogen and oxygen atoms in total. The molecule has 0 atom stereocenters. The predicted octanol–water partition coefficient (Wildman–Crippen LogP) is 6.86. The summed E-state index contributed by atoms with van der Waals surface area (Å²) in [6, 6.07) is 16.9. The Morgan fingerprint density at radius 2 is 1.88 bits per heavy atom.